The number of phenolic OH excluding ortho intramolecular Hbond substituents is 2. The van der Waals surface area contributed by atoms with Crippen molar-refractivity contribution in [2.45, 2.75) is 0 Å². The number of aromatic nitrogens is 2. The Balaban J connectivity index is 1.79. The zero-order valence-electron chi connectivity index (χ0n) is 12.8. The third-order valence-corrected chi connectivity index (χ3v) is 4.03. The molecule has 0 amide bonds. The molecule has 1 aromatic heterocycles. The van der Waals surface area contributed by atoms with Gasteiger partial charge in [-0.2, -0.15) is 5.10 Å². The number of nitrogens with zero attached hydrogens (tertiary/aromatic N) is 2. The van der Waals surface area contributed by atoms with Gasteiger partial charge in [-0.3, -0.25) is 0 Å². The monoisotopic (exact) mass is 338 g/mol. The lowest BCUT2D eigenvalue weighted by molar-refractivity contribution is 0.399. The first-order valence-corrected chi connectivity index (χ1v) is 7.49. The molecule has 0 fully saturated rings. The lowest BCUT2D eigenvalue weighted by Gasteiger charge is -2.07. The summed E-state index contributed by atoms with van der Waals surface area (Å²) in [5, 5.41) is 23.2. The number of aromatic hydroxyl groups is 2. The van der Waals surface area contributed by atoms with Gasteiger partial charge in [0.15, 0.2) is 17.4 Å². The van der Waals surface area contributed by atoms with Crippen LogP contribution in [0, 0.1) is 11.6 Å². The molecule has 0 bridgehead atoms. The molecule has 0 aliphatic rings. The predicted octanol–water partition coefficient (Wildman–Crippen LogP) is 4.38. The molecule has 4 rings (SSSR count). The molecule has 0 saturated heterocycles. The minimum absolute atomic E-state index is 0.0104. The minimum atomic E-state index is -1.05. The number of hydrogen-bond acceptors (Lipinski definition) is 3. The molecule has 1 heterocycles. The SMILES string of the molecule is Oc1ccc(-c2ccc(-n3ncc4cc(F)c(O)c(F)c43)cc2)cc1. The summed E-state index contributed by atoms with van der Waals surface area (Å²) in [7, 11) is 0. The molecular weight excluding hydrogens is 326 g/mol. The Morgan fingerprint density at radius 3 is 2.08 bits per heavy atom. The smallest absolute Gasteiger partial charge is 0.194 e. The van der Waals surface area contributed by atoms with Gasteiger partial charge in [0.1, 0.15) is 11.3 Å². The second-order valence-electron chi connectivity index (χ2n) is 5.61. The van der Waals surface area contributed by atoms with Gasteiger partial charge in [-0.1, -0.05) is 24.3 Å². The molecule has 25 heavy (non-hydrogen) atoms. The first kappa shape index (κ1) is 15.1. The van der Waals surface area contributed by atoms with Crippen LogP contribution >= 0.6 is 0 Å². The summed E-state index contributed by atoms with van der Waals surface area (Å²) in [6, 6.07) is 15.0. The summed E-state index contributed by atoms with van der Waals surface area (Å²) < 4.78 is 29.0. The van der Waals surface area contributed by atoms with E-state index in [0.29, 0.717) is 5.69 Å². The van der Waals surface area contributed by atoms with Gasteiger partial charge in [0.2, 0.25) is 0 Å². The van der Waals surface area contributed by atoms with Crippen molar-refractivity contribution in [1.29, 1.82) is 0 Å². The van der Waals surface area contributed by atoms with Gasteiger partial charge in [0.05, 0.1) is 11.9 Å². The largest absolute Gasteiger partial charge is 0.508 e. The molecule has 0 radical (unpaired) electrons. The van der Waals surface area contributed by atoms with Crippen LogP contribution in [0.25, 0.3) is 27.7 Å². The van der Waals surface area contributed by atoms with Crippen molar-refractivity contribution in [3.05, 3.63) is 72.4 Å². The van der Waals surface area contributed by atoms with Gasteiger partial charge >= 0.3 is 0 Å². The normalized spacial score (nSPS) is 11.1. The summed E-state index contributed by atoms with van der Waals surface area (Å²) in [5.74, 6) is -2.90. The maximum atomic E-state index is 14.2. The van der Waals surface area contributed by atoms with Crippen LogP contribution in [0.3, 0.4) is 0 Å². The number of fused-ring (bicyclic) bond motifs is 1. The topological polar surface area (TPSA) is 58.3 Å². The van der Waals surface area contributed by atoms with E-state index in [1.807, 2.05) is 12.1 Å². The van der Waals surface area contributed by atoms with Crippen LogP contribution in [0.4, 0.5) is 8.78 Å². The second kappa shape index (κ2) is 5.59. The second-order valence-corrected chi connectivity index (χ2v) is 5.61. The van der Waals surface area contributed by atoms with Crippen LogP contribution in [0.5, 0.6) is 11.5 Å². The van der Waals surface area contributed by atoms with E-state index < -0.39 is 17.4 Å². The molecule has 4 aromatic rings. The van der Waals surface area contributed by atoms with Gasteiger partial charge < -0.3 is 10.2 Å². The Morgan fingerprint density at radius 1 is 0.840 bits per heavy atom. The standard InChI is InChI=1S/C19H12F2N2O2/c20-16-9-13-10-22-23(18(13)17(21)19(16)25)14-5-1-11(2-6-14)12-3-7-15(24)8-4-12/h1-10,24-25H. The average Bonchev–Trinajstić information content (AvgIpc) is 3.04. The summed E-state index contributed by atoms with van der Waals surface area (Å²) in [4.78, 5) is 0. The third-order valence-electron chi connectivity index (χ3n) is 4.03. The fourth-order valence-electron chi connectivity index (χ4n) is 2.75. The van der Waals surface area contributed by atoms with E-state index >= 15 is 0 Å². The van der Waals surface area contributed by atoms with E-state index in [4.69, 9.17) is 0 Å². The first-order chi connectivity index (χ1) is 12.0. The molecule has 0 saturated carbocycles. The molecule has 0 atom stereocenters. The van der Waals surface area contributed by atoms with Crippen molar-refractivity contribution in [3.63, 3.8) is 0 Å². The molecule has 0 spiro atoms. The van der Waals surface area contributed by atoms with Crippen molar-refractivity contribution in [1.82, 2.24) is 9.78 Å². The lowest BCUT2D eigenvalue weighted by atomic mass is 10.1. The average molecular weight is 338 g/mol. The highest BCUT2D eigenvalue weighted by Crippen LogP contribution is 2.30. The van der Waals surface area contributed by atoms with Crippen LogP contribution < -0.4 is 0 Å². The van der Waals surface area contributed by atoms with Gasteiger partial charge in [-0.15, -0.1) is 0 Å². The maximum absolute atomic E-state index is 14.2. The molecule has 3 aromatic carbocycles. The van der Waals surface area contributed by atoms with Crippen molar-refractivity contribution >= 4 is 10.9 Å². The highest BCUT2D eigenvalue weighted by Gasteiger charge is 2.17. The molecule has 0 aliphatic carbocycles. The van der Waals surface area contributed by atoms with Crippen molar-refractivity contribution in [2.75, 3.05) is 0 Å². The Kier molecular flexibility index (Phi) is 3.39. The highest BCUT2D eigenvalue weighted by molar-refractivity contribution is 5.83. The fourth-order valence-corrected chi connectivity index (χ4v) is 2.75. The van der Waals surface area contributed by atoms with E-state index in [1.165, 1.54) is 10.9 Å². The van der Waals surface area contributed by atoms with Crippen molar-refractivity contribution < 1.29 is 19.0 Å². The quantitative estimate of drug-likeness (QED) is 0.570. The minimum Gasteiger partial charge on any atom is -0.508 e. The lowest BCUT2D eigenvalue weighted by Crippen LogP contribution is -1.98. The Morgan fingerprint density at radius 2 is 1.44 bits per heavy atom. The van der Waals surface area contributed by atoms with E-state index in [-0.39, 0.29) is 16.7 Å². The number of benzene rings is 3. The highest BCUT2D eigenvalue weighted by atomic mass is 19.1. The Labute approximate surface area is 141 Å². The third kappa shape index (κ3) is 2.48. The van der Waals surface area contributed by atoms with Crippen LogP contribution in [0.2, 0.25) is 0 Å². The van der Waals surface area contributed by atoms with Crippen LogP contribution in [-0.4, -0.2) is 20.0 Å². The number of rotatable bonds is 2. The Hall–Kier alpha value is -3.41. The molecule has 0 unspecified atom stereocenters. The summed E-state index contributed by atoms with van der Waals surface area (Å²) in [5.41, 5.74) is 2.41. The van der Waals surface area contributed by atoms with Crippen LogP contribution in [0.15, 0.2) is 60.8 Å². The van der Waals surface area contributed by atoms with Crippen LogP contribution in [0.1, 0.15) is 0 Å². The fraction of sp³-hybridized carbons (Fsp3) is 0. The summed E-state index contributed by atoms with van der Waals surface area (Å²) in [6.45, 7) is 0. The maximum Gasteiger partial charge on any atom is 0.194 e. The predicted molar refractivity (Wildman–Crippen MR) is 89.8 cm³/mol. The van der Waals surface area contributed by atoms with Gasteiger partial charge in [0.25, 0.3) is 0 Å². The Bertz CT molecular complexity index is 1070. The van der Waals surface area contributed by atoms with Crippen molar-refractivity contribution in [2.24, 2.45) is 0 Å². The molecule has 4 nitrogen and oxygen atoms in total. The van der Waals surface area contributed by atoms with E-state index in [0.717, 1.165) is 17.2 Å². The van der Waals surface area contributed by atoms with Crippen LogP contribution in [-0.2, 0) is 0 Å². The van der Waals surface area contributed by atoms with Gasteiger partial charge in [-0.25, -0.2) is 13.5 Å². The number of hydrogen-bond donors (Lipinski definition) is 2. The molecule has 2 N–H and O–H groups in total. The molecular formula is C19H12F2N2O2. The van der Waals surface area contributed by atoms with Gasteiger partial charge in [-0.05, 0) is 41.5 Å². The zero-order chi connectivity index (χ0) is 17.6. The number of phenols is 2. The molecule has 124 valence electrons. The van der Waals surface area contributed by atoms with E-state index in [1.54, 1.807) is 36.4 Å². The van der Waals surface area contributed by atoms with E-state index in [2.05, 4.69) is 5.10 Å². The molecule has 0 aliphatic heterocycles. The summed E-state index contributed by atoms with van der Waals surface area (Å²) >= 11 is 0. The summed E-state index contributed by atoms with van der Waals surface area (Å²) in [6.07, 6.45) is 1.34. The first-order valence-electron chi connectivity index (χ1n) is 7.49. The van der Waals surface area contributed by atoms with E-state index in [9.17, 15) is 19.0 Å². The zero-order valence-corrected chi connectivity index (χ0v) is 12.8. The number of halogens is 2. The van der Waals surface area contributed by atoms with Crippen molar-refractivity contribution in [3.8, 4) is 28.3 Å². The molecule has 6 heteroatoms. The van der Waals surface area contributed by atoms with Gasteiger partial charge in [0, 0.05) is 5.39 Å².